The van der Waals surface area contributed by atoms with Crippen LogP contribution in [0.2, 0.25) is 5.02 Å². The molecule has 0 unspecified atom stereocenters. The Hall–Kier alpha value is -0.730. The van der Waals surface area contributed by atoms with Crippen LogP contribution in [0.5, 0.6) is 0 Å². The van der Waals surface area contributed by atoms with E-state index in [-0.39, 0.29) is 0 Å². The van der Waals surface area contributed by atoms with Crippen LogP contribution in [-0.2, 0) is 0 Å². The Morgan fingerprint density at radius 2 is 1.80 bits per heavy atom. The number of hydrogen-bond acceptors (Lipinski definition) is 2. The van der Waals surface area contributed by atoms with Crippen molar-refractivity contribution in [3.8, 4) is 0 Å². The van der Waals surface area contributed by atoms with Crippen molar-refractivity contribution in [3.63, 3.8) is 0 Å². The summed E-state index contributed by atoms with van der Waals surface area (Å²) in [5.41, 5.74) is 2.40. The van der Waals surface area contributed by atoms with Gasteiger partial charge in [-0.25, -0.2) is 0 Å². The van der Waals surface area contributed by atoms with Crippen molar-refractivity contribution in [2.24, 2.45) is 0 Å². The molecule has 0 amide bonds. The predicted molar refractivity (Wildman–Crippen MR) is 65.9 cm³/mol. The number of aryl methyl sites for hydroxylation is 1. The van der Waals surface area contributed by atoms with Gasteiger partial charge in [0.1, 0.15) is 0 Å². The van der Waals surface area contributed by atoms with Gasteiger partial charge in [-0.3, -0.25) is 0 Å². The van der Waals surface area contributed by atoms with Crippen LogP contribution in [0.4, 0.5) is 5.69 Å². The molecule has 1 heterocycles. The molecule has 15 heavy (non-hydrogen) atoms. The van der Waals surface area contributed by atoms with Crippen LogP contribution in [0.1, 0.15) is 5.56 Å². The first kappa shape index (κ1) is 10.8. The highest BCUT2D eigenvalue weighted by Crippen LogP contribution is 2.27. The molecule has 0 bridgehead atoms. The monoisotopic (exact) mass is 224 g/mol. The van der Waals surface area contributed by atoms with Gasteiger partial charge in [0.2, 0.25) is 0 Å². The van der Waals surface area contributed by atoms with Gasteiger partial charge in [-0.15, -0.1) is 0 Å². The van der Waals surface area contributed by atoms with Gasteiger partial charge in [-0.05, 0) is 31.7 Å². The highest BCUT2D eigenvalue weighted by atomic mass is 35.5. The standard InChI is InChI=1S/C12H17ClN2/c1-10-3-4-12(11(13)9-10)15-7-5-14(2)6-8-15/h3-4,9H,5-8H2,1-2H3. The van der Waals surface area contributed by atoms with Crippen LogP contribution in [-0.4, -0.2) is 38.1 Å². The van der Waals surface area contributed by atoms with Crippen molar-refractivity contribution in [2.45, 2.75) is 6.92 Å². The van der Waals surface area contributed by atoms with Crippen molar-refractivity contribution in [3.05, 3.63) is 28.8 Å². The van der Waals surface area contributed by atoms with Gasteiger partial charge in [-0.1, -0.05) is 17.7 Å². The Balaban J connectivity index is 2.15. The Kier molecular flexibility index (Phi) is 3.17. The molecule has 3 heteroatoms. The zero-order valence-corrected chi connectivity index (χ0v) is 10.1. The van der Waals surface area contributed by atoms with Crippen molar-refractivity contribution in [1.82, 2.24) is 4.90 Å². The fourth-order valence-electron chi connectivity index (χ4n) is 1.92. The zero-order valence-electron chi connectivity index (χ0n) is 9.33. The molecule has 0 spiro atoms. The Bertz CT molecular complexity index is 343. The summed E-state index contributed by atoms with van der Waals surface area (Å²) in [7, 11) is 2.16. The summed E-state index contributed by atoms with van der Waals surface area (Å²) in [5, 5.41) is 0.875. The maximum Gasteiger partial charge on any atom is 0.0642 e. The normalized spacial score (nSPS) is 18.2. The van der Waals surface area contributed by atoms with E-state index in [1.807, 2.05) is 6.07 Å². The molecule has 0 saturated carbocycles. The number of likely N-dealkylation sites (N-methyl/N-ethyl adjacent to an activating group) is 1. The molecule has 0 aromatic heterocycles. The number of rotatable bonds is 1. The fraction of sp³-hybridized carbons (Fsp3) is 0.500. The minimum atomic E-state index is 0.875. The number of anilines is 1. The highest BCUT2D eigenvalue weighted by molar-refractivity contribution is 6.33. The highest BCUT2D eigenvalue weighted by Gasteiger charge is 2.16. The van der Waals surface area contributed by atoms with E-state index in [0.29, 0.717) is 0 Å². The van der Waals surface area contributed by atoms with E-state index in [9.17, 15) is 0 Å². The molecular formula is C12H17ClN2. The fourth-order valence-corrected chi connectivity index (χ4v) is 2.27. The Labute approximate surface area is 96.4 Å². The second-order valence-corrected chi connectivity index (χ2v) is 4.65. The zero-order chi connectivity index (χ0) is 10.8. The van der Waals surface area contributed by atoms with E-state index in [4.69, 9.17) is 11.6 Å². The molecule has 1 saturated heterocycles. The molecule has 1 fully saturated rings. The van der Waals surface area contributed by atoms with Crippen LogP contribution in [0.25, 0.3) is 0 Å². The average Bonchev–Trinajstić information content (AvgIpc) is 2.20. The van der Waals surface area contributed by atoms with E-state index < -0.39 is 0 Å². The largest absolute Gasteiger partial charge is 0.368 e. The molecule has 1 aliphatic heterocycles. The van der Waals surface area contributed by atoms with Gasteiger partial charge >= 0.3 is 0 Å². The first-order valence-electron chi connectivity index (χ1n) is 5.36. The van der Waals surface area contributed by atoms with Crippen molar-refractivity contribution in [2.75, 3.05) is 38.1 Å². The molecule has 82 valence electrons. The van der Waals surface area contributed by atoms with Crippen LogP contribution in [0.15, 0.2) is 18.2 Å². The maximum atomic E-state index is 6.24. The van der Waals surface area contributed by atoms with Gasteiger partial charge in [0.15, 0.2) is 0 Å². The summed E-state index contributed by atoms with van der Waals surface area (Å²) in [5.74, 6) is 0. The summed E-state index contributed by atoms with van der Waals surface area (Å²) >= 11 is 6.24. The van der Waals surface area contributed by atoms with Gasteiger partial charge in [0.05, 0.1) is 10.7 Å². The molecule has 0 radical (unpaired) electrons. The maximum absolute atomic E-state index is 6.24. The van der Waals surface area contributed by atoms with Crippen LogP contribution < -0.4 is 4.90 Å². The molecule has 2 rings (SSSR count). The predicted octanol–water partition coefficient (Wildman–Crippen LogP) is 2.40. The lowest BCUT2D eigenvalue weighted by Crippen LogP contribution is -2.44. The number of benzene rings is 1. The topological polar surface area (TPSA) is 6.48 Å². The molecule has 0 aliphatic carbocycles. The Morgan fingerprint density at radius 1 is 1.13 bits per heavy atom. The first-order valence-corrected chi connectivity index (χ1v) is 5.74. The minimum absolute atomic E-state index is 0.875. The summed E-state index contributed by atoms with van der Waals surface area (Å²) in [6, 6.07) is 6.29. The second-order valence-electron chi connectivity index (χ2n) is 4.25. The van der Waals surface area contributed by atoms with E-state index in [2.05, 4.69) is 35.9 Å². The molecule has 2 nitrogen and oxygen atoms in total. The van der Waals surface area contributed by atoms with E-state index >= 15 is 0 Å². The summed E-state index contributed by atoms with van der Waals surface area (Å²) in [4.78, 5) is 4.71. The third-order valence-electron chi connectivity index (χ3n) is 2.95. The molecule has 1 aromatic rings. The molecule has 0 N–H and O–H groups in total. The SMILES string of the molecule is Cc1ccc(N2CCN(C)CC2)c(Cl)c1. The van der Waals surface area contributed by atoms with Crippen molar-refractivity contribution in [1.29, 1.82) is 0 Å². The first-order chi connectivity index (χ1) is 7.16. The van der Waals surface area contributed by atoms with Crippen LogP contribution in [0.3, 0.4) is 0 Å². The van der Waals surface area contributed by atoms with Gasteiger partial charge < -0.3 is 9.80 Å². The second kappa shape index (κ2) is 4.42. The average molecular weight is 225 g/mol. The quantitative estimate of drug-likeness (QED) is 0.723. The summed E-state index contributed by atoms with van der Waals surface area (Å²) in [6.45, 7) is 6.44. The third kappa shape index (κ3) is 2.44. The third-order valence-corrected chi connectivity index (χ3v) is 3.25. The minimum Gasteiger partial charge on any atom is -0.368 e. The van der Waals surface area contributed by atoms with Crippen molar-refractivity contribution < 1.29 is 0 Å². The summed E-state index contributed by atoms with van der Waals surface area (Å²) < 4.78 is 0. The van der Waals surface area contributed by atoms with Gasteiger partial charge in [0.25, 0.3) is 0 Å². The lowest BCUT2D eigenvalue weighted by atomic mass is 10.2. The molecule has 0 atom stereocenters. The van der Waals surface area contributed by atoms with Crippen LogP contribution >= 0.6 is 11.6 Å². The van der Waals surface area contributed by atoms with Crippen molar-refractivity contribution >= 4 is 17.3 Å². The van der Waals surface area contributed by atoms with Gasteiger partial charge in [-0.2, -0.15) is 0 Å². The van der Waals surface area contributed by atoms with Gasteiger partial charge in [0, 0.05) is 26.2 Å². The lowest BCUT2D eigenvalue weighted by molar-refractivity contribution is 0.313. The van der Waals surface area contributed by atoms with E-state index in [0.717, 1.165) is 31.2 Å². The lowest BCUT2D eigenvalue weighted by Gasteiger charge is -2.34. The number of nitrogens with zero attached hydrogens (tertiary/aromatic N) is 2. The molecule has 1 aliphatic rings. The number of piperazine rings is 1. The number of halogens is 1. The molecule has 1 aromatic carbocycles. The Morgan fingerprint density at radius 3 is 2.40 bits per heavy atom. The van der Waals surface area contributed by atoms with E-state index in [1.165, 1.54) is 11.3 Å². The van der Waals surface area contributed by atoms with Crippen LogP contribution in [0, 0.1) is 6.92 Å². The smallest absolute Gasteiger partial charge is 0.0642 e. The van der Waals surface area contributed by atoms with E-state index in [1.54, 1.807) is 0 Å². The number of hydrogen-bond donors (Lipinski definition) is 0. The summed E-state index contributed by atoms with van der Waals surface area (Å²) in [6.07, 6.45) is 0. The molecular weight excluding hydrogens is 208 g/mol.